The second-order valence-electron chi connectivity index (χ2n) is 5.29. The molecule has 2 heterocycles. The van der Waals surface area contributed by atoms with Gasteiger partial charge < -0.3 is 14.6 Å². The maximum Gasteiger partial charge on any atom is 0.260 e. The van der Waals surface area contributed by atoms with E-state index in [0.717, 1.165) is 25.0 Å². The molecule has 2 fully saturated rings. The summed E-state index contributed by atoms with van der Waals surface area (Å²) in [4.78, 5) is 28.9. The Bertz CT molecular complexity index is 552. The van der Waals surface area contributed by atoms with Crippen molar-refractivity contribution in [1.29, 1.82) is 0 Å². The average molecular weight is 262 g/mol. The quantitative estimate of drug-likeness (QED) is 0.823. The van der Waals surface area contributed by atoms with Gasteiger partial charge in [-0.25, -0.2) is 0 Å². The second kappa shape index (κ2) is 4.81. The highest BCUT2D eigenvalue weighted by atomic mass is 16.5. The molecule has 2 aliphatic rings. The number of nitrogens with zero attached hydrogens (tertiary/aromatic N) is 1. The van der Waals surface area contributed by atoms with Gasteiger partial charge in [0.05, 0.1) is 18.8 Å². The number of aryl methyl sites for hydroxylation is 1. The zero-order chi connectivity index (χ0) is 13.4. The van der Waals surface area contributed by atoms with Gasteiger partial charge in [-0.05, 0) is 38.3 Å². The summed E-state index contributed by atoms with van der Waals surface area (Å²) < 4.78 is 5.69. The van der Waals surface area contributed by atoms with Crippen molar-refractivity contribution >= 4 is 5.91 Å². The van der Waals surface area contributed by atoms with Gasteiger partial charge in [-0.15, -0.1) is 0 Å². The van der Waals surface area contributed by atoms with Crippen LogP contribution in [-0.2, 0) is 4.74 Å². The Balaban J connectivity index is 1.88. The van der Waals surface area contributed by atoms with E-state index in [0.29, 0.717) is 13.2 Å². The number of aromatic amines is 1. The van der Waals surface area contributed by atoms with Gasteiger partial charge in [0.1, 0.15) is 5.56 Å². The number of amides is 1. The Morgan fingerprint density at radius 3 is 3.05 bits per heavy atom. The number of ether oxygens (including phenoxy) is 1. The minimum atomic E-state index is -0.300. The summed E-state index contributed by atoms with van der Waals surface area (Å²) in [6.45, 7) is 2.95. The van der Waals surface area contributed by atoms with Crippen molar-refractivity contribution in [3.63, 3.8) is 0 Å². The van der Waals surface area contributed by atoms with E-state index in [4.69, 9.17) is 4.74 Å². The molecule has 1 aliphatic carbocycles. The summed E-state index contributed by atoms with van der Waals surface area (Å²) in [5, 5.41) is 0. The van der Waals surface area contributed by atoms with Crippen LogP contribution in [0.4, 0.5) is 0 Å². The van der Waals surface area contributed by atoms with Crippen LogP contribution in [0.1, 0.15) is 35.3 Å². The number of H-pyrrole nitrogens is 1. The van der Waals surface area contributed by atoms with E-state index in [-0.39, 0.29) is 29.2 Å². The van der Waals surface area contributed by atoms with Crippen LogP contribution in [-0.4, -0.2) is 41.1 Å². The molecule has 1 aromatic rings. The minimum Gasteiger partial charge on any atom is -0.374 e. The van der Waals surface area contributed by atoms with Crippen LogP contribution in [0.25, 0.3) is 0 Å². The van der Waals surface area contributed by atoms with Crippen LogP contribution < -0.4 is 5.56 Å². The first-order valence-electron chi connectivity index (χ1n) is 6.79. The standard InChI is InChI=1S/C14H18N2O3/c1-9-5-6-10(13(17)15-9)14(18)16-7-8-19-12-4-2-3-11(12)16/h5-6,11-12H,2-4,7-8H2,1H3,(H,15,17)/t11-,12-/m0/s1. The number of morpholine rings is 1. The van der Waals surface area contributed by atoms with Gasteiger partial charge in [-0.2, -0.15) is 0 Å². The first-order valence-corrected chi connectivity index (χ1v) is 6.79. The van der Waals surface area contributed by atoms with Crippen LogP contribution in [0.2, 0.25) is 0 Å². The fourth-order valence-corrected chi connectivity index (χ4v) is 3.07. The number of pyridine rings is 1. The molecule has 0 unspecified atom stereocenters. The molecular weight excluding hydrogens is 244 g/mol. The molecule has 1 aliphatic heterocycles. The topological polar surface area (TPSA) is 62.4 Å². The van der Waals surface area contributed by atoms with E-state index in [1.165, 1.54) is 0 Å². The highest BCUT2D eigenvalue weighted by Gasteiger charge is 2.39. The molecule has 0 aromatic carbocycles. The lowest BCUT2D eigenvalue weighted by atomic mass is 10.1. The van der Waals surface area contributed by atoms with Crippen LogP contribution in [0, 0.1) is 6.92 Å². The molecule has 5 heteroatoms. The highest BCUT2D eigenvalue weighted by molar-refractivity contribution is 5.94. The van der Waals surface area contributed by atoms with E-state index < -0.39 is 0 Å². The molecule has 3 rings (SSSR count). The second-order valence-corrected chi connectivity index (χ2v) is 5.29. The fourth-order valence-electron chi connectivity index (χ4n) is 3.07. The number of fused-ring (bicyclic) bond motifs is 1. The summed E-state index contributed by atoms with van der Waals surface area (Å²) in [7, 11) is 0. The van der Waals surface area contributed by atoms with Gasteiger partial charge in [0.2, 0.25) is 0 Å². The van der Waals surface area contributed by atoms with Gasteiger partial charge >= 0.3 is 0 Å². The van der Waals surface area contributed by atoms with E-state index in [9.17, 15) is 9.59 Å². The molecule has 1 amide bonds. The number of hydrogen-bond donors (Lipinski definition) is 1. The molecule has 102 valence electrons. The Morgan fingerprint density at radius 1 is 1.42 bits per heavy atom. The molecule has 1 saturated heterocycles. The van der Waals surface area contributed by atoms with Crippen molar-refractivity contribution in [2.45, 2.75) is 38.3 Å². The number of rotatable bonds is 1. The molecule has 0 bridgehead atoms. The van der Waals surface area contributed by atoms with Gasteiger partial charge in [0.15, 0.2) is 0 Å². The number of carbonyl (C=O) groups excluding carboxylic acids is 1. The molecule has 5 nitrogen and oxygen atoms in total. The lowest BCUT2D eigenvalue weighted by Gasteiger charge is -2.37. The number of aromatic nitrogens is 1. The molecule has 1 saturated carbocycles. The summed E-state index contributed by atoms with van der Waals surface area (Å²) >= 11 is 0. The van der Waals surface area contributed by atoms with Crippen molar-refractivity contribution in [2.24, 2.45) is 0 Å². The zero-order valence-electron chi connectivity index (χ0n) is 11.0. The Labute approximate surface area is 111 Å². The lowest BCUT2D eigenvalue weighted by Crippen LogP contribution is -2.52. The molecular formula is C14H18N2O3. The number of hydrogen-bond acceptors (Lipinski definition) is 3. The van der Waals surface area contributed by atoms with Gasteiger partial charge in [-0.1, -0.05) is 0 Å². The van der Waals surface area contributed by atoms with E-state index in [1.807, 2.05) is 4.90 Å². The van der Waals surface area contributed by atoms with E-state index >= 15 is 0 Å². The molecule has 2 atom stereocenters. The molecule has 0 spiro atoms. The summed E-state index contributed by atoms with van der Waals surface area (Å²) in [6, 6.07) is 3.53. The van der Waals surface area contributed by atoms with Crippen LogP contribution >= 0.6 is 0 Å². The van der Waals surface area contributed by atoms with Crippen LogP contribution in [0.15, 0.2) is 16.9 Å². The smallest absolute Gasteiger partial charge is 0.260 e. The largest absolute Gasteiger partial charge is 0.374 e. The predicted molar refractivity (Wildman–Crippen MR) is 70.2 cm³/mol. The summed E-state index contributed by atoms with van der Waals surface area (Å²) in [6.07, 6.45) is 3.23. The maximum absolute atomic E-state index is 12.5. The highest BCUT2D eigenvalue weighted by Crippen LogP contribution is 2.30. The first kappa shape index (κ1) is 12.4. The van der Waals surface area contributed by atoms with Crippen molar-refractivity contribution < 1.29 is 9.53 Å². The normalized spacial score (nSPS) is 26.3. The molecule has 0 radical (unpaired) electrons. The molecule has 19 heavy (non-hydrogen) atoms. The monoisotopic (exact) mass is 262 g/mol. The SMILES string of the molecule is Cc1ccc(C(=O)N2CCO[C@H]3CCC[C@@H]32)c(=O)[nH]1. The van der Waals surface area contributed by atoms with Crippen LogP contribution in [0.5, 0.6) is 0 Å². The summed E-state index contributed by atoms with van der Waals surface area (Å²) in [5.74, 6) is -0.165. The average Bonchev–Trinajstić information content (AvgIpc) is 2.86. The predicted octanol–water partition coefficient (Wildman–Crippen LogP) is 1.08. The van der Waals surface area contributed by atoms with E-state index in [2.05, 4.69) is 4.98 Å². The Kier molecular flexibility index (Phi) is 3.14. The fraction of sp³-hybridized carbons (Fsp3) is 0.571. The third kappa shape index (κ3) is 2.18. The molecule has 1 aromatic heterocycles. The van der Waals surface area contributed by atoms with Gasteiger partial charge in [0, 0.05) is 12.2 Å². The minimum absolute atomic E-state index is 0.141. The zero-order valence-corrected chi connectivity index (χ0v) is 11.0. The first-order chi connectivity index (χ1) is 9.16. The lowest BCUT2D eigenvalue weighted by molar-refractivity contribution is -0.0446. The third-order valence-corrected chi connectivity index (χ3v) is 4.03. The Morgan fingerprint density at radius 2 is 2.26 bits per heavy atom. The van der Waals surface area contributed by atoms with Crippen molar-refractivity contribution in [2.75, 3.05) is 13.2 Å². The van der Waals surface area contributed by atoms with E-state index in [1.54, 1.807) is 19.1 Å². The number of carbonyl (C=O) groups is 1. The Hall–Kier alpha value is -1.62. The van der Waals surface area contributed by atoms with Gasteiger partial charge in [-0.3, -0.25) is 9.59 Å². The third-order valence-electron chi connectivity index (χ3n) is 4.03. The summed E-state index contributed by atoms with van der Waals surface area (Å²) in [5.41, 5.74) is 0.700. The van der Waals surface area contributed by atoms with Crippen molar-refractivity contribution in [3.05, 3.63) is 33.7 Å². The maximum atomic E-state index is 12.5. The van der Waals surface area contributed by atoms with Crippen LogP contribution in [0.3, 0.4) is 0 Å². The van der Waals surface area contributed by atoms with Gasteiger partial charge in [0.25, 0.3) is 11.5 Å². The van der Waals surface area contributed by atoms with Crippen molar-refractivity contribution in [1.82, 2.24) is 9.88 Å². The number of nitrogens with one attached hydrogen (secondary N) is 1. The molecule has 1 N–H and O–H groups in total. The van der Waals surface area contributed by atoms with Crippen molar-refractivity contribution in [3.8, 4) is 0 Å².